The molecule has 0 radical (unpaired) electrons. The molecular weight excluding hydrogens is 508 g/mol. The first-order valence-corrected chi connectivity index (χ1v) is 12.9. The fraction of sp³-hybridized carbons (Fsp3) is 0.250. The molecule has 1 aliphatic heterocycles. The quantitative estimate of drug-likeness (QED) is 0.409. The van der Waals surface area contributed by atoms with Crippen LogP contribution >= 0.6 is 23.8 Å². The molecule has 9 heteroatoms. The van der Waals surface area contributed by atoms with Crippen LogP contribution < -0.4 is 20.3 Å². The molecule has 2 amide bonds. The molecule has 0 saturated carbocycles. The van der Waals surface area contributed by atoms with Crippen molar-refractivity contribution in [2.45, 2.75) is 20.0 Å². The molecule has 4 rings (SSSR count). The average molecular weight is 537 g/mol. The smallest absolute Gasteiger partial charge is 0.257 e. The molecule has 3 aromatic rings. The lowest BCUT2D eigenvalue weighted by Crippen LogP contribution is -2.48. The number of hydrogen-bond donors (Lipinski definition) is 2. The lowest BCUT2D eigenvalue weighted by atomic mass is 10.2. The number of nitrogens with zero attached hydrogens (tertiary/aromatic N) is 2. The largest absolute Gasteiger partial charge is 0.489 e. The van der Waals surface area contributed by atoms with Crippen molar-refractivity contribution in [3.63, 3.8) is 0 Å². The minimum atomic E-state index is -0.349. The number of hydrogen-bond acceptors (Lipinski definition) is 5. The van der Waals surface area contributed by atoms with Crippen LogP contribution in [0.5, 0.6) is 5.75 Å². The Morgan fingerprint density at radius 2 is 1.73 bits per heavy atom. The third-order valence-corrected chi connectivity index (χ3v) is 6.49. The van der Waals surface area contributed by atoms with E-state index in [9.17, 15) is 9.59 Å². The fourth-order valence-electron chi connectivity index (χ4n) is 4.10. The van der Waals surface area contributed by atoms with Crippen molar-refractivity contribution >= 4 is 52.1 Å². The standard InChI is InChI=1S/C28H29ClN4O3S/c1-2-26(34)33-15-13-32(14-16-33)25-12-11-22(29)18-24(25)30-28(37)31-27(35)21-9-6-10-23(17-21)36-19-20-7-4-3-5-8-20/h3-12,17-18H,2,13-16,19H2,1H3,(H2,30,31,35,37). The molecule has 2 N–H and O–H groups in total. The van der Waals surface area contributed by atoms with Gasteiger partial charge in [0.15, 0.2) is 5.11 Å². The number of nitrogens with one attached hydrogen (secondary N) is 2. The Morgan fingerprint density at radius 3 is 2.46 bits per heavy atom. The van der Waals surface area contributed by atoms with Gasteiger partial charge in [0.25, 0.3) is 5.91 Å². The minimum absolute atomic E-state index is 0.156. The number of thiocarbonyl (C=S) groups is 1. The number of benzene rings is 3. The Balaban J connectivity index is 1.37. The summed E-state index contributed by atoms with van der Waals surface area (Å²) in [6, 6.07) is 22.3. The summed E-state index contributed by atoms with van der Waals surface area (Å²) in [5, 5.41) is 6.55. The number of halogens is 1. The van der Waals surface area contributed by atoms with Gasteiger partial charge >= 0.3 is 0 Å². The maximum absolute atomic E-state index is 12.9. The summed E-state index contributed by atoms with van der Waals surface area (Å²) >= 11 is 11.7. The van der Waals surface area contributed by atoms with E-state index in [1.165, 1.54) is 0 Å². The van der Waals surface area contributed by atoms with Gasteiger partial charge in [-0.25, -0.2) is 0 Å². The molecule has 7 nitrogen and oxygen atoms in total. The summed E-state index contributed by atoms with van der Waals surface area (Å²) in [5.41, 5.74) is 3.06. The lowest BCUT2D eigenvalue weighted by Gasteiger charge is -2.37. The fourth-order valence-corrected chi connectivity index (χ4v) is 4.48. The van der Waals surface area contributed by atoms with Gasteiger partial charge in [0, 0.05) is 43.2 Å². The molecule has 1 aliphatic rings. The number of amides is 2. The molecular formula is C28H29ClN4O3S. The van der Waals surface area contributed by atoms with E-state index in [2.05, 4.69) is 15.5 Å². The van der Waals surface area contributed by atoms with Gasteiger partial charge in [0.1, 0.15) is 12.4 Å². The molecule has 0 spiro atoms. The lowest BCUT2D eigenvalue weighted by molar-refractivity contribution is -0.131. The van der Waals surface area contributed by atoms with Crippen molar-refractivity contribution in [2.24, 2.45) is 0 Å². The summed E-state index contributed by atoms with van der Waals surface area (Å²) in [6.07, 6.45) is 0.504. The van der Waals surface area contributed by atoms with Crippen molar-refractivity contribution in [3.05, 3.63) is 88.9 Å². The zero-order chi connectivity index (χ0) is 26.2. The summed E-state index contributed by atoms with van der Waals surface area (Å²) in [6.45, 7) is 4.97. The number of rotatable bonds is 7. The predicted octanol–water partition coefficient (Wildman–Crippen LogP) is 5.10. The number of carbonyl (C=O) groups excluding carboxylic acids is 2. The monoisotopic (exact) mass is 536 g/mol. The van der Waals surface area contributed by atoms with E-state index in [4.69, 9.17) is 28.6 Å². The van der Waals surface area contributed by atoms with E-state index in [1.807, 2.05) is 60.4 Å². The van der Waals surface area contributed by atoms with Crippen LogP contribution in [0, 0.1) is 0 Å². The third kappa shape index (κ3) is 7.21. The zero-order valence-electron chi connectivity index (χ0n) is 20.6. The molecule has 0 atom stereocenters. The van der Waals surface area contributed by atoms with Crippen molar-refractivity contribution in [3.8, 4) is 5.75 Å². The Morgan fingerprint density at radius 1 is 0.973 bits per heavy atom. The third-order valence-electron chi connectivity index (χ3n) is 6.05. The van der Waals surface area contributed by atoms with Crippen molar-refractivity contribution in [1.29, 1.82) is 0 Å². The van der Waals surface area contributed by atoms with E-state index in [-0.39, 0.29) is 16.9 Å². The molecule has 0 aliphatic carbocycles. The van der Waals surface area contributed by atoms with E-state index < -0.39 is 0 Å². The average Bonchev–Trinajstić information content (AvgIpc) is 2.92. The maximum atomic E-state index is 12.9. The molecule has 192 valence electrons. The minimum Gasteiger partial charge on any atom is -0.489 e. The Bertz CT molecular complexity index is 1260. The Kier molecular flexibility index (Phi) is 8.98. The molecule has 3 aromatic carbocycles. The molecule has 0 unspecified atom stereocenters. The number of piperazine rings is 1. The van der Waals surface area contributed by atoms with Gasteiger partial charge in [-0.15, -0.1) is 0 Å². The summed E-state index contributed by atoms with van der Waals surface area (Å²) in [5.74, 6) is 0.402. The highest BCUT2D eigenvalue weighted by molar-refractivity contribution is 7.80. The van der Waals surface area contributed by atoms with Crippen molar-refractivity contribution in [1.82, 2.24) is 10.2 Å². The van der Waals surface area contributed by atoms with E-state index >= 15 is 0 Å². The Labute approximate surface area is 227 Å². The van der Waals surface area contributed by atoms with Crippen LogP contribution in [0.4, 0.5) is 11.4 Å². The second-order valence-electron chi connectivity index (χ2n) is 8.59. The van der Waals surface area contributed by atoms with E-state index in [0.717, 1.165) is 11.3 Å². The van der Waals surface area contributed by atoms with Crippen LogP contribution in [0.15, 0.2) is 72.8 Å². The highest BCUT2D eigenvalue weighted by Gasteiger charge is 2.22. The highest BCUT2D eigenvalue weighted by Crippen LogP contribution is 2.30. The van der Waals surface area contributed by atoms with Crippen LogP contribution in [-0.2, 0) is 11.4 Å². The van der Waals surface area contributed by atoms with Gasteiger partial charge < -0.3 is 19.9 Å². The molecule has 1 fully saturated rings. The first kappa shape index (κ1) is 26.4. The van der Waals surface area contributed by atoms with Gasteiger partial charge in [-0.05, 0) is 54.2 Å². The second-order valence-corrected chi connectivity index (χ2v) is 9.44. The van der Waals surface area contributed by atoms with Crippen LogP contribution in [0.1, 0.15) is 29.3 Å². The van der Waals surface area contributed by atoms with Crippen LogP contribution in [0.3, 0.4) is 0 Å². The SMILES string of the molecule is CCC(=O)N1CCN(c2ccc(Cl)cc2NC(=S)NC(=O)c2cccc(OCc3ccccc3)c2)CC1. The molecule has 1 saturated heterocycles. The number of anilines is 2. The second kappa shape index (κ2) is 12.6. The Hall–Kier alpha value is -3.62. The molecule has 1 heterocycles. The molecule has 0 bridgehead atoms. The van der Waals surface area contributed by atoms with E-state index in [1.54, 1.807) is 24.3 Å². The first-order valence-electron chi connectivity index (χ1n) is 12.1. The van der Waals surface area contributed by atoms with Crippen molar-refractivity contribution < 1.29 is 14.3 Å². The summed E-state index contributed by atoms with van der Waals surface area (Å²) < 4.78 is 5.84. The van der Waals surface area contributed by atoms with Gasteiger partial charge in [0.2, 0.25) is 5.91 Å². The van der Waals surface area contributed by atoms with Gasteiger partial charge in [-0.2, -0.15) is 0 Å². The zero-order valence-corrected chi connectivity index (χ0v) is 22.1. The summed E-state index contributed by atoms with van der Waals surface area (Å²) in [7, 11) is 0. The van der Waals surface area contributed by atoms with Crippen molar-refractivity contribution in [2.75, 3.05) is 36.4 Å². The number of carbonyl (C=O) groups is 2. The normalized spacial score (nSPS) is 13.1. The summed E-state index contributed by atoms with van der Waals surface area (Å²) in [4.78, 5) is 29.0. The maximum Gasteiger partial charge on any atom is 0.257 e. The first-order chi connectivity index (χ1) is 17.9. The van der Waals surface area contributed by atoms with Gasteiger partial charge in [-0.3, -0.25) is 14.9 Å². The molecule has 37 heavy (non-hydrogen) atoms. The van der Waals surface area contributed by atoms with Gasteiger partial charge in [0.05, 0.1) is 11.4 Å². The topological polar surface area (TPSA) is 73.9 Å². The van der Waals surface area contributed by atoms with Crippen LogP contribution in [-0.4, -0.2) is 48.0 Å². The molecule has 0 aromatic heterocycles. The van der Waals surface area contributed by atoms with Crippen LogP contribution in [0.25, 0.3) is 0 Å². The van der Waals surface area contributed by atoms with Crippen LogP contribution in [0.2, 0.25) is 5.02 Å². The van der Waals surface area contributed by atoms with E-state index in [0.29, 0.717) is 61.2 Å². The highest BCUT2D eigenvalue weighted by atomic mass is 35.5. The predicted molar refractivity (Wildman–Crippen MR) is 151 cm³/mol. The van der Waals surface area contributed by atoms with Gasteiger partial charge in [-0.1, -0.05) is 54.9 Å². The number of ether oxygens (including phenoxy) is 1.